The molecule has 150 valence electrons. The van der Waals surface area contributed by atoms with Gasteiger partial charge in [0.05, 0.1) is 17.8 Å². The van der Waals surface area contributed by atoms with Crippen LogP contribution in [0.1, 0.15) is 29.0 Å². The topological polar surface area (TPSA) is 121 Å². The minimum atomic E-state index is -0.428. The summed E-state index contributed by atoms with van der Waals surface area (Å²) in [5, 5.41) is 2.93. The van der Waals surface area contributed by atoms with Gasteiger partial charge in [-0.1, -0.05) is 0 Å². The fourth-order valence-electron chi connectivity index (χ4n) is 3.52. The summed E-state index contributed by atoms with van der Waals surface area (Å²) < 4.78 is 6.30. The molecule has 2 amide bonds. The highest BCUT2D eigenvalue weighted by atomic mass is 79.9. The zero-order valence-corrected chi connectivity index (χ0v) is 17.2. The van der Waals surface area contributed by atoms with Crippen molar-refractivity contribution >= 4 is 44.7 Å². The number of rotatable bonds is 3. The summed E-state index contributed by atoms with van der Waals surface area (Å²) in [7, 11) is 0. The van der Waals surface area contributed by atoms with Crippen molar-refractivity contribution in [3.63, 3.8) is 0 Å². The Hall–Kier alpha value is -3.01. The van der Waals surface area contributed by atoms with Gasteiger partial charge in [0.2, 0.25) is 11.6 Å². The number of aromatic amines is 1. The van der Waals surface area contributed by atoms with Gasteiger partial charge in [-0.2, -0.15) is 0 Å². The molecule has 10 heteroatoms. The number of halogens is 1. The average molecular weight is 460 g/mol. The number of aryl methyl sites for hydroxylation is 1. The Morgan fingerprint density at radius 2 is 2.17 bits per heavy atom. The van der Waals surface area contributed by atoms with Gasteiger partial charge in [0.25, 0.3) is 11.5 Å². The molecular weight excluding hydrogens is 442 g/mol. The summed E-state index contributed by atoms with van der Waals surface area (Å²) in [6.07, 6.45) is 4.18. The summed E-state index contributed by atoms with van der Waals surface area (Å²) in [4.78, 5) is 50.2. The maximum Gasteiger partial charge on any atom is 0.262 e. The Kier molecular flexibility index (Phi) is 5.18. The van der Waals surface area contributed by atoms with Gasteiger partial charge in [-0.15, -0.1) is 0 Å². The molecule has 1 aliphatic rings. The second kappa shape index (κ2) is 7.78. The van der Waals surface area contributed by atoms with E-state index < -0.39 is 5.56 Å². The van der Waals surface area contributed by atoms with Crippen molar-refractivity contribution in [1.29, 1.82) is 0 Å². The minimum Gasteiger partial charge on any atom is -0.442 e. The molecule has 1 fully saturated rings. The third kappa shape index (κ3) is 3.80. The molecule has 0 radical (unpaired) electrons. The summed E-state index contributed by atoms with van der Waals surface area (Å²) in [5.41, 5.74) is -0.102. The molecule has 1 aliphatic heterocycles. The summed E-state index contributed by atoms with van der Waals surface area (Å²) >= 11 is 3.30. The number of furan rings is 1. The number of amides is 2. The number of pyridine rings is 1. The Bertz CT molecular complexity index is 1140. The van der Waals surface area contributed by atoms with Gasteiger partial charge in [0.15, 0.2) is 0 Å². The lowest BCUT2D eigenvalue weighted by Gasteiger charge is -2.32. The third-order valence-corrected chi connectivity index (χ3v) is 5.41. The number of likely N-dealkylation sites (tertiary alicyclic amines) is 1. The lowest BCUT2D eigenvalue weighted by Crippen LogP contribution is -2.44. The van der Waals surface area contributed by atoms with Crippen LogP contribution in [0.2, 0.25) is 0 Å². The van der Waals surface area contributed by atoms with E-state index >= 15 is 0 Å². The normalized spacial score (nSPS) is 16.8. The van der Waals surface area contributed by atoms with Crippen LogP contribution in [0.15, 0.2) is 38.3 Å². The first-order valence-corrected chi connectivity index (χ1v) is 9.92. The van der Waals surface area contributed by atoms with Crippen LogP contribution in [0, 0.1) is 12.8 Å². The van der Waals surface area contributed by atoms with Gasteiger partial charge >= 0.3 is 0 Å². The van der Waals surface area contributed by atoms with Crippen LogP contribution in [-0.4, -0.2) is 44.8 Å². The molecule has 4 rings (SSSR count). The monoisotopic (exact) mass is 459 g/mol. The van der Waals surface area contributed by atoms with Crippen LogP contribution < -0.4 is 10.9 Å². The molecule has 29 heavy (non-hydrogen) atoms. The fourth-order valence-corrected chi connectivity index (χ4v) is 3.76. The van der Waals surface area contributed by atoms with Crippen molar-refractivity contribution in [2.75, 3.05) is 18.4 Å². The van der Waals surface area contributed by atoms with Crippen molar-refractivity contribution in [2.24, 2.45) is 5.92 Å². The fraction of sp³-hybridized carbons (Fsp3) is 0.316. The van der Waals surface area contributed by atoms with Crippen molar-refractivity contribution < 1.29 is 14.0 Å². The highest BCUT2D eigenvalue weighted by Gasteiger charge is 2.32. The average Bonchev–Trinajstić information content (AvgIpc) is 3.06. The molecule has 3 aromatic heterocycles. The van der Waals surface area contributed by atoms with Crippen molar-refractivity contribution in [3.8, 4) is 0 Å². The Labute approximate surface area is 173 Å². The van der Waals surface area contributed by atoms with Gasteiger partial charge in [0.1, 0.15) is 17.0 Å². The highest BCUT2D eigenvalue weighted by molar-refractivity contribution is 9.10. The number of aromatic nitrogens is 3. The number of carbonyl (C=O) groups excluding carboxylic acids is 2. The van der Waals surface area contributed by atoms with E-state index in [0.29, 0.717) is 31.0 Å². The first kappa shape index (κ1) is 19.3. The number of fused-ring (bicyclic) bond motifs is 1. The molecule has 1 atom stereocenters. The smallest absolute Gasteiger partial charge is 0.262 e. The molecule has 9 nitrogen and oxygen atoms in total. The standard InChI is InChI=1S/C19H18BrN5O4/c1-10-14(15-17(27)22-9-23-18(15)29-10)19(28)25-6-2-3-11(8-25)16(26)24-13-5-4-12(20)7-21-13/h4-5,7,9,11H,2-3,6,8H2,1H3,(H,21,24,26)(H,22,23,27). The predicted molar refractivity (Wildman–Crippen MR) is 109 cm³/mol. The first-order valence-electron chi connectivity index (χ1n) is 9.12. The van der Waals surface area contributed by atoms with Crippen LogP contribution >= 0.6 is 15.9 Å². The zero-order chi connectivity index (χ0) is 20.5. The van der Waals surface area contributed by atoms with Crippen LogP contribution in [0.5, 0.6) is 0 Å². The molecule has 1 saturated heterocycles. The van der Waals surface area contributed by atoms with E-state index in [1.807, 2.05) is 0 Å². The Morgan fingerprint density at radius 1 is 1.34 bits per heavy atom. The molecular formula is C19H18BrN5O4. The summed E-state index contributed by atoms with van der Waals surface area (Å²) in [6, 6.07) is 3.49. The third-order valence-electron chi connectivity index (χ3n) is 4.94. The number of nitrogens with zero attached hydrogens (tertiary/aromatic N) is 3. The number of piperidine rings is 1. The van der Waals surface area contributed by atoms with E-state index in [1.165, 1.54) is 6.33 Å². The van der Waals surface area contributed by atoms with Crippen molar-refractivity contribution in [3.05, 3.63) is 50.8 Å². The molecule has 0 saturated carbocycles. The molecule has 1 unspecified atom stereocenters. The van der Waals surface area contributed by atoms with Gasteiger partial charge in [-0.05, 0) is 47.8 Å². The lowest BCUT2D eigenvalue weighted by molar-refractivity contribution is -0.121. The van der Waals surface area contributed by atoms with Crippen LogP contribution in [0.25, 0.3) is 11.1 Å². The highest BCUT2D eigenvalue weighted by Crippen LogP contribution is 2.25. The van der Waals surface area contributed by atoms with Gasteiger partial charge < -0.3 is 19.6 Å². The number of anilines is 1. The molecule has 4 heterocycles. The van der Waals surface area contributed by atoms with Crippen molar-refractivity contribution in [2.45, 2.75) is 19.8 Å². The molecule has 0 aromatic carbocycles. The number of hydrogen-bond donors (Lipinski definition) is 2. The van der Waals surface area contributed by atoms with Gasteiger partial charge in [-0.3, -0.25) is 14.4 Å². The van der Waals surface area contributed by atoms with Crippen LogP contribution in [0.3, 0.4) is 0 Å². The predicted octanol–water partition coefficient (Wildman–Crippen LogP) is 2.47. The number of H-pyrrole nitrogens is 1. The van der Waals surface area contributed by atoms with Gasteiger partial charge in [0, 0.05) is 23.8 Å². The quantitative estimate of drug-likeness (QED) is 0.620. The van der Waals surface area contributed by atoms with E-state index in [2.05, 4.69) is 36.2 Å². The van der Waals surface area contributed by atoms with Crippen LogP contribution in [-0.2, 0) is 4.79 Å². The molecule has 2 N–H and O–H groups in total. The van der Waals surface area contributed by atoms with E-state index in [-0.39, 0.29) is 40.9 Å². The van der Waals surface area contributed by atoms with E-state index in [0.717, 1.165) is 4.47 Å². The van der Waals surface area contributed by atoms with Crippen LogP contribution in [0.4, 0.5) is 5.82 Å². The number of hydrogen-bond acceptors (Lipinski definition) is 6. The molecule has 0 spiro atoms. The molecule has 3 aromatic rings. The molecule has 0 aliphatic carbocycles. The second-order valence-electron chi connectivity index (χ2n) is 6.89. The first-order chi connectivity index (χ1) is 13.9. The van der Waals surface area contributed by atoms with Gasteiger partial charge in [-0.25, -0.2) is 9.97 Å². The number of carbonyl (C=O) groups is 2. The maximum absolute atomic E-state index is 13.1. The van der Waals surface area contributed by atoms with Crippen molar-refractivity contribution in [1.82, 2.24) is 19.9 Å². The Morgan fingerprint density at radius 3 is 2.93 bits per heavy atom. The lowest BCUT2D eigenvalue weighted by atomic mass is 9.96. The van der Waals surface area contributed by atoms with E-state index in [9.17, 15) is 14.4 Å². The van der Waals surface area contributed by atoms with E-state index in [4.69, 9.17) is 4.42 Å². The maximum atomic E-state index is 13.1. The summed E-state index contributed by atoms with van der Waals surface area (Å²) in [5.74, 6) is -0.103. The largest absolute Gasteiger partial charge is 0.442 e. The zero-order valence-electron chi connectivity index (χ0n) is 15.6. The second-order valence-corrected chi connectivity index (χ2v) is 7.80. The minimum absolute atomic E-state index is 0.127. The Balaban J connectivity index is 1.53. The molecule has 0 bridgehead atoms. The SMILES string of the molecule is Cc1oc2nc[nH]c(=O)c2c1C(=O)N1CCCC(C(=O)Nc2ccc(Br)cn2)C1. The summed E-state index contributed by atoms with van der Waals surface area (Å²) in [6.45, 7) is 2.39. The van der Waals surface area contributed by atoms with E-state index in [1.54, 1.807) is 30.2 Å². The number of nitrogens with one attached hydrogen (secondary N) is 2.